The van der Waals surface area contributed by atoms with Crippen molar-refractivity contribution in [3.05, 3.63) is 54.2 Å². The van der Waals surface area contributed by atoms with E-state index in [1.54, 1.807) is 30.3 Å². The third-order valence-corrected chi connectivity index (χ3v) is 7.70. The van der Waals surface area contributed by atoms with Crippen LogP contribution in [0.2, 0.25) is 0 Å². The van der Waals surface area contributed by atoms with Crippen LogP contribution in [0.5, 0.6) is 11.5 Å². The Kier molecular flexibility index (Phi) is 8.01. The monoisotopic (exact) mass is 600 g/mol. The smallest absolute Gasteiger partial charge is 0.261 e. The molecule has 2 aliphatic rings. The van der Waals surface area contributed by atoms with Crippen LogP contribution in [0, 0.1) is 0 Å². The van der Waals surface area contributed by atoms with Crippen LogP contribution < -0.4 is 43.4 Å². The Balaban J connectivity index is 1.25. The van der Waals surface area contributed by atoms with Crippen molar-refractivity contribution in [3.8, 4) is 11.5 Å². The Morgan fingerprint density at radius 3 is 2.00 bits per heavy atom. The van der Waals surface area contributed by atoms with E-state index in [1.807, 2.05) is 9.80 Å². The van der Waals surface area contributed by atoms with E-state index in [4.69, 9.17) is 27.9 Å². The Bertz CT molecular complexity index is 1620. The van der Waals surface area contributed by atoms with Gasteiger partial charge in [0.2, 0.25) is 17.8 Å². The number of nitrogens with two attached hydrogens (primary N) is 4. The van der Waals surface area contributed by atoms with Gasteiger partial charge in [0.1, 0.15) is 17.1 Å². The highest BCUT2D eigenvalue weighted by Crippen LogP contribution is 2.32. The van der Waals surface area contributed by atoms with Crippen LogP contribution >= 0.6 is 0 Å². The van der Waals surface area contributed by atoms with Crippen molar-refractivity contribution in [3.63, 3.8) is 0 Å². The number of nitrogens with one attached hydrogen (secondary N) is 2. The summed E-state index contributed by atoms with van der Waals surface area (Å²) in [5.74, 6) is 0.0132. The molecule has 2 aliphatic heterocycles. The molecule has 2 saturated heterocycles. The Morgan fingerprint density at radius 2 is 1.41 bits per heavy atom. The number of hydrogen-bond acceptors (Lipinski definition) is 14. The van der Waals surface area contributed by atoms with E-state index in [1.165, 1.54) is 18.3 Å². The molecule has 0 bridgehead atoms. The third-order valence-electron chi connectivity index (χ3n) is 7.70. The zero-order valence-electron chi connectivity index (χ0n) is 24.0. The van der Waals surface area contributed by atoms with E-state index in [0.717, 1.165) is 0 Å². The molecule has 2 aromatic heterocycles. The van der Waals surface area contributed by atoms with Crippen molar-refractivity contribution in [1.29, 1.82) is 0 Å². The molecule has 4 atom stereocenters. The molecular weight excluding hydrogens is 564 g/mol. The first-order chi connectivity index (χ1) is 21.1. The van der Waals surface area contributed by atoms with Crippen molar-refractivity contribution in [1.82, 2.24) is 19.9 Å². The van der Waals surface area contributed by atoms with Gasteiger partial charge in [0.15, 0.2) is 0 Å². The van der Waals surface area contributed by atoms with E-state index < -0.39 is 5.91 Å². The number of piperidine rings is 2. The van der Waals surface area contributed by atoms with Gasteiger partial charge in [0, 0.05) is 73.7 Å². The molecular formula is C29H36N12O3. The molecule has 0 saturated carbocycles. The average Bonchev–Trinajstić information content (AvgIpc) is 2.98. The minimum absolute atomic E-state index is 0.0233. The standard InChI is InChI=1S/C29H36N12O3/c30-15-7-16(31)12-40(11-15)28-37-27(38-29(39-28)41-13-17(32)8-18(33)14-41)35-19-5-6-23(24(42)9-19)36-26(44)21-10-34-22-4-2-1-3-20(22)25(21)43/h1-6,9-10,15-18,42H,7-8,11-14,30-33H2,(H,34,43)(H,36,44)(H,35,37,38,39). The van der Waals surface area contributed by atoms with Crippen molar-refractivity contribution in [2.24, 2.45) is 22.9 Å². The number of carbonyl (C=O) groups excluding carboxylic acids is 1. The van der Waals surface area contributed by atoms with Gasteiger partial charge in [-0.05, 0) is 37.1 Å². The molecule has 4 heterocycles. The minimum Gasteiger partial charge on any atom is -0.506 e. The molecule has 230 valence electrons. The summed E-state index contributed by atoms with van der Waals surface area (Å²) in [7, 11) is 0. The first kappa shape index (κ1) is 29.3. The zero-order valence-corrected chi connectivity index (χ0v) is 24.0. The van der Waals surface area contributed by atoms with Crippen LogP contribution in [-0.4, -0.2) is 86.4 Å². The highest BCUT2D eigenvalue weighted by molar-refractivity contribution is 6.09. The molecule has 12 N–H and O–H groups in total. The zero-order chi connectivity index (χ0) is 31.0. The number of amides is 1. The Morgan fingerprint density at radius 1 is 0.818 bits per heavy atom. The number of phenolic OH excluding ortho intramolecular Hbond substituents is 1. The third kappa shape index (κ3) is 6.26. The quantitative estimate of drug-likeness (QED) is 0.141. The minimum atomic E-state index is -0.626. The first-order valence-electron chi connectivity index (χ1n) is 14.4. The topological polar surface area (TPSA) is 244 Å². The molecule has 4 aromatic rings. The number of pyridine rings is 1. The van der Waals surface area contributed by atoms with Crippen molar-refractivity contribution in [2.45, 2.75) is 37.0 Å². The van der Waals surface area contributed by atoms with E-state index >= 15 is 0 Å². The van der Waals surface area contributed by atoms with Gasteiger partial charge in [-0.2, -0.15) is 15.0 Å². The number of aromatic nitrogens is 4. The van der Waals surface area contributed by atoms with Crippen LogP contribution in [0.1, 0.15) is 23.2 Å². The highest BCUT2D eigenvalue weighted by atomic mass is 16.3. The number of benzene rings is 2. The van der Waals surface area contributed by atoms with Gasteiger partial charge >= 0.3 is 0 Å². The number of para-hydroxylation sites is 1. The van der Waals surface area contributed by atoms with Crippen molar-refractivity contribution < 1.29 is 15.0 Å². The van der Waals surface area contributed by atoms with Crippen LogP contribution in [0.15, 0.2) is 48.7 Å². The van der Waals surface area contributed by atoms with Gasteiger partial charge in [-0.15, -0.1) is 0 Å². The van der Waals surface area contributed by atoms with Crippen LogP contribution in [0.4, 0.5) is 29.2 Å². The molecule has 0 aliphatic carbocycles. The molecule has 4 unspecified atom stereocenters. The second kappa shape index (κ2) is 12.0. The summed E-state index contributed by atoms with van der Waals surface area (Å²) in [6.07, 6.45) is 2.70. The number of fused-ring (bicyclic) bond motifs is 1. The lowest BCUT2D eigenvalue weighted by atomic mass is 10.0. The van der Waals surface area contributed by atoms with Gasteiger partial charge in [0.25, 0.3) is 5.91 Å². The lowest BCUT2D eigenvalue weighted by Gasteiger charge is -2.37. The molecule has 15 nitrogen and oxygen atoms in total. The van der Waals surface area contributed by atoms with Gasteiger partial charge in [-0.3, -0.25) is 9.78 Å². The van der Waals surface area contributed by atoms with E-state index in [0.29, 0.717) is 67.5 Å². The maximum Gasteiger partial charge on any atom is 0.261 e. The Labute approximate surface area is 253 Å². The fourth-order valence-corrected chi connectivity index (χ4v) is 5.70. The summed E-state index contributed by atoms with van der Waals surface area (Å²) >= 11 is 0. The Hall–Kier alpha value is -4.83. The number of rotatable bonds is 6. The van der Waals surface area contributed by atoms with Gasteiger partial charge in [-0.1, -0.05) is 12.1 Å². The normalized spacial score (nSPS) is 22.2. The molecule has 2 aromatic carbocycles. The van der Waals surface area contributed by atoms with Gasteiger partial charge in [-0.25, -0.2) is 0 Å². The number of hydrogen-bond donors (Lipinski definition) is 8. The summed E-state index contributed by atoms with van der Waals surface area (Å²) in [6.45, 7) is 2.14. The predicted octanol–water partition coefficient (Wildman–Crippen LogP) is 0.556. The average molecular weight is 601 g/mol. The number of carbonyl (C=O) groups is 1. The molecule has 0 radical (unpaired) electrons. The first-order valence-corrected chi connectivity index (χ1v) is 14.4. The SMILES string of the molecule is NC1CC(N)CN(c2nc(Nc3ccc(NC(=O)c4cnc5ccccc5c4O)c(O)c3)nc(N3CC(N)CC(N)C3)n2)C1. The van der Waals surface area contributed by atoms with Gasteiger partial charge < -0.3 is 53.6 Å². The lowest BCUT2D eigenvalue weighted by molar-refractivity contribution is 0.102. The fraction of sp³-hybridized carbons (Fsp3) is 0.345. The highest BCUT2D eigenvalue weighted by Gasteiger charge is 2.29. The summed E-state index contributed by atoms with van der Waals surface area (Å²) in [5, 5.41) is 27.6. The maximum absolute atomic E-state index is 13.0. The lowest BCUT2D eigenvalue weighted by Crippen LogP contribution is -2.54. The largest absolute Gasteiger partial charge is 0.506 e. The molecule has 15 heteroatoms. The summed E-state index contributed by atoms with van der Waals surface area (Å²) in [6, 6.07) is 11.0. The summed E-state index contributed by atoms with van der Waals surface area (Å²) in [5.41, 5.74) is 26.1. The van der Waals surface area contributed by atoms with Crippen LogP contribution in [-0.2, 0) is 0 Å². The molecule has 1 amide bonds. The summed E-state index contributed by atoms with van der Waals surface area (Å²) in [4.78, 5) is 35.1. The van der Waals surface area contributed by atoms with Crippen LogP contribution in [0.25, 0.3) is 10.9 Å². The number of nitrogens with zero attached hydrogens (tertiary/aromatic N) is 6. The van der Waals surface area contributed by atoms with Gasteiger partial charge in [0.05, 0.1) is 11.2 Å². The van der Waals surface area contributed by atoms with Crippen molar-refractivity contribution >= 4 is 46.0 Å². The molecule has 0 spiro atoms. The van der Waals surface area contributed by atoms with E-state index in [-0.39, 0.29) is 52.9 Å². The second-order valence-corrected chi connectivity index (χ2v) is 11.4. The number of phenols is 1. The number of anilines is 5. The predicted molar refractivity (Wildman–Crippen MR) is 168 cm³/mol. The maximum atomic E-state index is 13.0. The van der Waals surface area contributed by atoms with Crippen LogP contribution in [0.3, 0.4) is 0 Å². The van der Waals surface area contributed by atoms with E-state index in [2.05, 4.69) is 25.6 Å². The molecule has 6 rings (SSSR count). The molecule has 2 fully saturated rings. The molecule has 44 heavy (non-hydrogen) atoms. The van der Waals surface area contributed by atoms with E-state index in [9.17, 15) is 15.0 Å². The number of aromatic hydroxyl groups is 2. The van der Waals surface area contributed by atoms with Crippen molar-refractivity contribution in [2.75, 3.05) is 46.6 Å². The summed E-state index contributed by atoms with van der Waals surface area (Å²) < 4.78 is 0. The second-order valence-electron chi connectivity index (χ2n) is 11.4. The fourth-order valence-electron chi connectivity index (χ4n) is 5.70.